The Morgan fingerprint density at radius 2 is 1.95 bits per heavy atom. The smallest absolute Gasteiger partial charge is 0.0475 e. The molecule has 0 aromatic heterocycles. The maximum absolute atomic E-state index is 6.06. The van der Waals surface area contributed by atoms with Crippen LogP contribution < -0.4 is 5.73 Å². The third-order valence-corrected chi connectivity index (χ3v) is 5.26. The molecule has 0 bridgehead atoms. The van der Waals surface area contributed by atoms with Crippen LogP contribution >= 0.6 is 0 Å². The molecule has 3 heteroatoms. The number of nitrogens with zero attached hydrogens (tertiary/aromatic N) is 2. The van der Waals surface area contributed by atoms with Gasteiger partial charge in [0.05, 0.1) is 0 Å². The second-order valence-electron chi connectivity index (χ2n) is 6.72. The van der Waals surface area contributed by atoms with Gasteiger partial charge in [-0.25, -0.2) is 0 Å². The van der Waals surface area contributed by atoms with Crippen molar-refractivity contribution in [1.29, 1.82) is 0 Å². The Kier molecular flexibility index (Phi) is 4.11. The van der Waals surface area contributed by atoms with E-state index in [0.717, 1.165) is 19.6 Å². The molecule has 1 aliphatic carbocycles. The Hall–Kier alpha value is -0.900. The summed E-state index contributed by atoms with van der Waals surface area (Å²) in [7, 11) is 2.23. The number of piperazine rings is 1. The summed E-state index contributed by atoms with van der Waals surface area (Å²) in [6.07, 6.45) is 4.00. The molecule has 1 saturated heterocycles. The lowest BCUT2D eigenvalue weighted by molar-refractivity contribution is 0.0144. The molecule has 1 atom stereocenters. The quantitative estimate of drug-likeness (QED) is 0.912. The van der Waals surface area contributed by atoms with E-state index in [0.29, 0.717) is 11.5 Å². The molecular weight excluding hydrogens is 246 g/mol. The maximum Gasteiger partial charge on any atom is 0.0475 e. The van der Waals surface area contributed by atoms with E-state index in [1.165, 1.54) is 37.9 Å². The van der Waals surface area contributed by atoms with E-state index in [9.17, 15) is 0 Å². The second kappa shape index (κ2) is 5.84. The largest absolute Gasteiger partial charge is 0.330 e. The molecule has 3 rings (SSSR count). The topological polar surface area (TPSA) is 32.5 Å². The van der Waals surface area contributed by atoms with Crippen molar-refractivity contribution in [2.75, 3.05) is 39.8 Å². The fourth-order valence-electron chi connectivity index (χ4n) is 3.67. The zero-order valence-electron chi connectivity index (χ0n) is 12.6. The van der Waals surface area contributed by atoms with E-state index < -0.39 is 0 Å². The first kappa shape index (κ1) is 14.1. The van der Waals surface area contributed by atoms with Crippen molar-refractivity contribution in [2.45, 2.75) is 25.3 Å². The molecule has 1 aromatic rings. The number of hydrogen-bond donors (Lipinski definition) is 1. The van der Waals surface area contributed by atoms with Crippen molar-refractivity contribution in [3.8, 4) is 0 Å². The summed E-state index contributed by atoms with van der Waals surface area (Å²) in [6, 6.07) is 11.5. The molecule has 2 N–H and O–H groups in total. The lowest BCUT2D eigenvalue weighted by atomic mass is 9.68. The number of nitrogens with two attached hydrogens (primary N) is 1. The van der Waals surface area contributed by atoms with Crippen LogP contribution in [0, 0.1) is 5.41 Å². The van der Waals surface area contributed by atoms with E-state index in [2.05, 4.69) is 47.2 Å². The summed E-state index contributed by atoms with van der Waals surface area (Å²) in [6.45, 7) is 5.49. The molecule has 110 valence electrons. The van der Waals surface area contributed by atoms with Crippen LogP contribution in [0.2, 0.25) is 0 Å². The number of benzene rings is 1. The van der Waals surface area contributed by atoms with Crippen molar-refractivity contribution in [3.05, 3.63) is 35.9 Å². The zero-order valence-corrected chi connectivity index (χ0v) is 12.6. The van der Waals surface area contributed by atoms with Crippen LogP contribution in [0.15, 0.2) is 30.3 Å². The summed E-state index contributed by atoms with van der Waals surface area (Å²) in [5, 5.41) is 0. The Morgan fingerprint density at radius 3 is 2.55 bits per heavy atom. The Bertz CT molecular complexity index is 422. The fraction of sp³-hybridized carbons (Fsp3) is 0.647. The van der Waals surface area contributed by atoms with Gasteiger partial charge in [0.15, 0.2) is 0 Å². The monoisotopic (exact) mass is 273 g/mol. The summed E-state index contributed by atoms with van der Waals surface area (Å²) in [5.41, 5.74) is 7.92. The van der Waals surface area contributed by atoms with Gasteiger partial charge in [-0.2, -0.15) is 0 Å². The highest BCUT2D eigenvalue weighted by Gasteiger charge is 2.39. The molecule has 2 fully saturated rings. The average Bonchev–Trinajstić information content (AvgIpc) is 2.45. The molecule has 20 heavy (non-hydrogen) atoms. The number of hydrogen-bond acceptors (Lipinski definition) is 3. The average molecular weight is 273 g/mol. The third-order valence-electron chi connectivity index (χ3n) is 5.26. The Labute approximate surface area is 122 Å². The van der Waals surface area contributed by atoms with Crippen LogP contribution in [0.4, 0.5) is 0 Å². The molecule has 2 aliphatic rings. The van der Waals surface area contributed by atoms with Gasteiger partial charge in [-0.05, 0) is 37.4 Å². The second-order valence-corrected chi connectivity index (χ2v) is 6.72. The number of rotatable bonds is 4. The number of likely N-dealkylation sites (N-methyl/N-ethyl adjacent to an activating group) is 1. The van der Waals surface area contributed by atoms with Crippen LogP contribution in [0.3, 0.4) is 0 Å². The summed E-state index contributed by atoms with van der Waals surface area (Å²) >= 11 is 0. The molecule has 0 amide bonds. The van der Waals surface area contributed by atoms with Gasteiger partial charge in [0.1, 0.15) is 0 Å². The van der Waals surface area contributed by atoms with E-state index in [1.807, 2.05) is 0 Å². The molecule has 0 spiro atoms. The molecule has 1 aliphatic heterocycles. The highest BCUT2D eigenvalue weighted by molar-refractivity contribution is 5.20. The highest BCUT2D eigenvalue weighted by atomic mass is 15.3. The van der Waals surface area contributed by atoms with Gasteiger partial charge in [0.25, 0.3) is 0 Å². The van der Waals surface area contributed by atoms with Crippen molar-refractivity contribution < 1.29 is 0 Å². The van der Waals surface area contributed by atoms with E-state index >= 15 is 0 Å². The molecular formula is C17H27N3. The summed E-state index contributed by atoms with van der Waals surface area (Å²) in [4.78, 5) is 5.13. The standard InChI is InChI=1S/C17H27N3/c1-19-10-11-20(14-17(13-18)8-5-9-17)16(12-19)15-6-3-2-4-7-15/h2-4,6-7,16H,5,8-14,18H2,1H3. The first-order chi connectivity index (χ1) is 9.72. The van der Waals surface area contributed by atoms with Gasteiger partial charge >= 0.3 is 0 Å². The van der Waals surface area contributed by atoms with Crippen LogP contribution in [-0.4, -0.2) is 49.6 Å². The van der Waals surface area contributed by atoms with E-state index in [4.69, 9.17) is 5.73 Å². The molecule has 1 heterocycles. The van der Waals surface area contributed by atoms with Gasteiger partial charge in [-0.1, -0.05) is 36.8 Å². The third kappa shape index (κ3) is 2.76. The highest BCUT2D eigenvalue weighted by Crippen LogP contribution is 2.42. The Balaban J connectivity index is 1.76. The fourth-order valence-corrected chi connectivity index (χ4v) is 3.67. The first-order valence-electron chi connectivity index (χ1n) is 7.90. The van der Waals surface area contributed by atoms with Crippen molar-refractivity contribution in [1.82, 2.24) is 9.80 Å². The van der Waals surface area contributed by atoms with Crippen molar-refractivity contribution in [2.24, 2.45) is 11.1 Å². The van der Waals surface area contributed by atoms with Crippen LogP contribution in [-0.2, 0) is 0 Å². The SMILES string of the molecule is CN1CCN(CC2(CN)CCC2)C(c2ccccc2)C1. The predicted molar refractivity (Wildman–Crippen MR) is 83.6 cm³/mol. The molecule has 1 aromatic carbocycles. The van der Waals surface area contributed by atoms with Crippen LogP contribution in [0.5, 0.6) is 0 Å². The Morgan fingerprint density at radius 1 is 1.20 bits per heavy atom. The summed E-state index contributed by atoms with van der Waals surface area (Å²) in [5.74, 6) is 0. The molecule has 0 radical (unpaired) electrons. The van der Waals surface area contributed by atoms with Crippen LogP contribution in [0.25, 0.3) is 0 Å². The lowest BCUT2D eigenvalue weighted by Gasteiger charge is -2.49. The molecule has 3 nitrogen and oxygen atoms in total. The van der Waals surface area contributed by atoms with Gasteiger partial charge in [0.2, 0.25) is 0 Å². The minimum atomic E-state index is 0.406. The first-order valence-corrected chi connectivity index (χ1v) is 7.90. The normalized spacial score (nSPS) is 27.2. The van der Waals surface area contributed by atoms with E-state index in [-0.39, 0.29) is 0 Å². The van der Waals surface area contributed by atoms with Gasteiger partial charge in [0, 0.05) is 32.2 Å². The lowest BCUT2D eigenvalue weighted by Crippen LogP contribution is -2.53. The zero-order chi connectivity index (χ0) is 14.0. The predicted octanol–water partition coefficient (Wildman–Crippen LogP) is 2.10. The summed E-state index contributed by atoms with van der Waals surface area (Å²) < 4.78 is 0. The molecule has 1 unspecified atom stereocenters. The van der Waals surface area contributed by atoms with Crippen LogP contribution in [0.1, 0.15) is 30.9 Å². The van der Waals surface area contributed by atoms with E-state index in [1.54, 1.807) is 0 Å². The van der Waals surface area contributed by atoms with Gasteiger partial charge in [-0.3, -0.25) is 4.90 Å². The minimum Gasteiger partial charge on any atom is -0.330 e. The minimum absolute atomic E-state index is 0.406. The van der Waals surface area contributed by atoms with Gasteiger partial charge in [-0.15, -0.1) is 0 Å². The van der Waals surface area contributed by atoms with Gasteiger partial charge < -0.3 is 10.6 Å². The van der Waals surface area contributed by atoms with Crippen molar-refractivity contribution >= 4 is 0 Å². The maximum atomic E-state index is 6.06. The molecule has 1 saturated carbocycles. The van der Waals surface area contributed by atoms with Crippen molar-refractivity contribution in [3.63, 3.8) is 0 Å².